The Balaban J connectivity index is 1.90. The average molecular weight is 337 g/mol. The molecule has 0 aliphatic carbocycles. The molecule has 0 heterocycles. The van der Waals surface area contributed by atoms with Crippen LogP contribution in [0.1, 0.15) is 76.7 Å². The molecule has 1 aromatic rings. The standard InChI is InChI=1S/C21H36O3/c1-2-3-5-13-20(22)15-10-16-21(23)14-8-9-17-24-18-19-11-6-4-7-12-19/h4,6-7,11-12,20-23H,2-3,5,8-10,13-18H2,1H3/t20-,21+/m1/s1. The average Bonchev–Trinajstić information content (AvgIpc) is 2.59. The van der Waals surface area contributed by atoms with E-state index < -0.39 is 0 Å². The van der Waals surface area contributed by atoms with Gasteiger partial charge in [-0.25, -0.2) is 0 Å². The second kappa shape index (κ2) is 14.4. The van der Waals surface area contributed by atoms with Crippen molar-refractivity contribution in [3.63, 3.8) is 0 Å². The minimum Gasteiger partial charge on any atom is -0.393 e. The lowest BCUT2D eigenvalue weighted by Gasteiger charge is -2.13. The second-order valence-corrected chi connectivity index (χ2v) is 6.77. The molecule has 0 unspecified atom stereocenters. The number of rotatable bonds is 15. The highest BCUT2D eigenvalue weighted by molar-refractivity contribution is 5.13. The molecule has 0 aliphatic rings. The molecule has 0 fully saturated rings. The van der Waals surface area contributed by atoms with Gasteiger partial charge in [0.25, 0.3) is 0 Å². The summed E-state index contributed by atoms with van der Waals surface area (Å²) in [4.78, 5) is 0. The van der Waals surface area contributed by atoms with Crippen molar-refractivity contribution >= 4 is 0 Å². The van der Waals surface area contributed by atoms with Gasteiger partial charge in [0.15, 0.2) is 0 Å². The van der Waals surface area contributed by atoms with Gasteiger partial charge in [0.2, 0.25) is 0 Å². The maximum Gasteiger partial charge on any atom is 0.0716 e. The minimum absolute atomic E-state index is 0.185. The van der Waals surface area contributed by atoms with Crippen LogP contribution >= 0.6 is 0 Å². The van der Waals surface area contributed by atoms with E-state index in [2.05, 4.69) is 19.1 Å². The highest BCUT2D eigenvalue weighted by atomic mass is 16.5. The molecule has 2 atom stereocenters. The van der Waals surface area contributed by atoms with Gasteiger partial charge < -0.3 is 14.9 Å². The van der Waals surface area contributed by atoms with Gasteiger partial charge in [-0.1, -0.05) is 56.5 Å². The van der Waals surface area contributed by atoms with Crippen molar-refractivity contribution in [3.8, 4) is 0 Å². The predicted molar refractivity (Wildman–Crippen MR) is 100.0 cm³/mol. The van der Waals surface area contributed by atoms with Crippen LogP contribution in [0.5, 0.6) is 0 Å². The quantitative estimate of drug-likeness (QED) is 0.450. The monoisotopic (exact) mass is 336 g/mol. The molecule has 0 bridgehead atoms. The Bertz CT molecular complexity index is 380. The number of aliphatic hydroxyl groups is 2. The van der Waals surface area contributed by atoms with E-state index in [1.807, 2.05) is 18.2 Å². The number of aliphatic hydroxyl groups excluding tert-OH is 2. The van der Waals surface area contributed by atoms with Crippen LogP contribution in [0.15, 0.2) is 30.3 Å². The second-order valence-electron chi connectivity index (χ2n) is 6.77. The van der Waals surface area contributed by atoms with E-state index in [0.29, 0.717) is 6.61 Å². The zero-order chi connectivity index (χ0) is 17.5. The first-order chi connectivity index (χ1) is 11.7. The molecular formula is C21H36O3. The van der Waals surface area contributed by atoms with Crippen LogP contribution in [0.25, 0.3) is 0 Å². The molecule has 1 aromatic carbocycles. The highest BCUT2D eigenvalue weighted by Gasteiger charge is 2.07. The topological polar surface area (TPSA) is 49.7 Å². The molecule has 0 aliphatic heterocycles. The third kappa shape index (κ3) is 11.6. The summed E-state index contributed by atoms with van der Waals surface area (Å²) >= 11 is 0. The molecule has 0 amide bonds. The summed E-state index contributed by atoms with van der Waals surface area (Å²) in [5, 5.41) is 19.8. The molecule has 3 nitrogen and oxygen atoms in total. The maximum atomic E-state index is 9.99. The molecule has 0 spiro atoms. The van der Waals surface area contributed by atoms with Crippen LogP contribution in [0, 0.1) is 0 Å². The highest BCUT2D eigenvalue weighted by Crippen LogP contribution is 2.13. The van der Waals surface area contributed by atoms with E-state index in [9.17, 15) is 10.2 Å². The summed E-state index contributed by atoms with van der Waals surface area (Å²) in [5.41, 5.74) is 1.20. The fourth-order valence-electron chi connectivity index (χ4n) is 2.86. The summed E-state index contributed by atoms with van der Waals surface area (Å²) in [6.07, 6.45) is 9.35. The lowest BCUT2D eigenvalue weighted by molar-refractivity contribution is 0.103. The van der Waals surface area contributed by atoms with Crippen molar-refractivity contribution in [1.82, 2.24) is 0 Å². The Morgan fingerprint density at radius 1 is 0.792 bits per heavy atom. The maximum absolute atomic E-state index is 9.99. The summed E-state index contributed by atoms with van der Waals surface area (Å²) in [5.74, 6) is 0. The lowest BCUT2D eigenvalue weighted by atomic mass is 10.0. The third-order valence-corrected chi connectivity index (χ3v) is 4.40. The van der Waals surface area contributed by atoms with Gasteiger partial charge in [-0.15, -0.1) is 0 Å². The number of unbranched alkanes of at least 4 members (excludes halogenated alkanes) is 3. The summed E-state index contributed by atoms with van der Waals surface area (Å²) in [6, 6.07) is 10.2. The Morgan fingerprint density at radius 2 is 1.38 bits per heavy atom. The number of benzene rings is 1. The van der Waals surface area contributed by atoms with Gasteiger partial charge in [-0.05, 0) is 50.5 Å². The van der Waals surface area contributed by atoms with Gasteiger partial charge in [0.05, 0.1) is 18.8 Å². The zero-order valence-corrected chi connectivity index (χ0v) is 15.3. The lowest BCUT2D eigenvalue weighted by Crippen LogP contribution is -2.11. The first-order valence-corrected chi connectivity index (χ1v) is 9.70. The predicted octanol–water partition coefficient (Wildman–Crippen LogP) is 4.85. The van der Waals surface area contributed by atoms with Crippen molar-refractivity contribution in [2.45, 2.75) is 89.9 Å². The van der Waals surface area contributed by atoms with Crippen molar-refractivity contribution in [1.29, 1.82) is 0 Å². The van der Waals surface area contributed by atoms with Crippen LogP contribution in [0.3, 0.4) is 0 Å². The molecule has 3 heteroatoms. The van der Waals surface area contributed by atoms with E-state index in [0.717, 1.165) is 58.0 Å². The van der Waals surface area contributed by atoms with Crippen LogP contribution in [0.2, 0.25) is 0 Å². The van der Waals surface area contributed by atoms with Gasteiger partial charge in [-0.3, -0.25) is 0 Å². The van der Waals surface area contributed by atoms with Gasteiger partial charge >= 0.3 is 0 Å². The molecular weight excluding hydrogens is 300 g/mol. The molecule has 1 rings (SSSR count). The molecule has 24 heavy (non-hydrogen) atoms. The smallest absolute Gasteiger partial charge is 0.0716 e. The Hall–Kier alpha value is -0.900. The molecule has 0 radical (unpaired) electrons. The molecule has 138 valence electrons. The van der Waals surface area contributed by atoms with Crippen LogP contribution in [-0.4, -0.2) is 29.0 Å². The normalized spacial score (nSPS) is 13.8. The largest absolute Gasteiger partial charge is 0.393 e. The van der Waals surface area contributed by atoms with Crippen LogP contribution in [0.4, 0.5) is 0 Å². The molecule has 2 N–H and O–H groups in total. The summed E-state index contributed by atoms with van der Waals surface area (Å²) in [7, 11) is 0. The molecule has 0 saturated heterocycles. The third-order valence-electron chi connectivity index (χ3n) is 4.40. The number of hydrogen-bond acceptors (Lipinski definition) is 3. The fraction of sp³-hybridized carbons (Fsp3) is 0.714. The Morgan fingerprint density at radius 3 is 2.00 bits per heavy atom. The summed E-state index contributed by atoms with van der Waals surface area (Å²) < 4.78 is 5.65. The van der Waals surface area contributed by atoms with Gasteiger partial charge in [0.1, 0.15) is 0 Å². The molecule has 0 saturated carbocycles. The van der Waals surface area contributed by atoms with Crippen molar-refractivity contribution < 1.29 is 14.9 Å². The van der Waals surface area contributed by atoms with E-state index in [4.69, 9.17) is 4.74 Å². The van der Waals surface area contributed by atoms with Crippen LogP contribution < -0.4 is 0 Å². The van der Waals surface area contributed by atoms with Crippen molar-refractivity contribution in [2.75, 3.05) is 6.61 Å². The Labute approximate surface area is 148 Å². The van der Waals surface area contributed by atoms with Crippen LogP contribution in [-0.2, 0) is 11.3 Å². The van der Waals surface area contributed by atoms with E-state index >= 15 is 0 Å². The minimum atomic E-state index is -0.234. The van der Waals surface area contributed by atoms with Crippen molar-refractivity contribution in [3.05, 3.63) is 35.9 Å². The fourth-order valence-corrected chi connectivity index (χ4v) is 2.86. The van der Waals surface area contributed by atoms with E-state index in [-0.39, 0.29) is 12.2 Å². The van der Waals surface area contributed by atoms with Gasteiger partial charge in [-0.2, -0.15) is 0 Å². The SMILES string of the molecule is CCCCC[C@@H](O)CCC[C@@H](O)CCCCOCc1ccccc1. The number of hydrogen-bond donors (Lipinski definition) is 2. The first kappa shape index (κ1) is 21.1. The molecule has 0 aromatic heterocycles. The summed E-state index contributed by atoms with van der Waals surface area (Å²) in [6.45, 7) is 3.59. The zero-order valence-electron chi connectivity index (χ0n) is 15.3. The van der Waals surface area contributed by atoms with E-state index in [1.165, 1.54) is 18.4 Å². The van der Waals surface area contributed by atoms with E-state index in [1.54, 1.807) is 0 Å². The van der Waals surface area contributed by atoms with Gasteiger partial charge in [0, 0.05) is 6.61 Å². The van der Waals surface area contributed by atoms with Crippen molar-refractivity contribution in [2.24, 2.45) is 0 Å². The number of ether oxygens (including phenoxy) is 1. The Kier molecular flexibility index (Phi) is 12.7. The first-order valence-electron chi connectivity index (χ1n) is 9.70.